The van der Waals surface area contributed by atoms with Gasteiger partial charge in [-0.2, -0.15) is 0 Å². The molecule has 0 radical (unpaired) electrons. The lowest BCUT2D eigenvalue weighted by Gasteiger charge is -2.57. The van der Waals surface area contributed by atoms with E-state index in [-0.39, 0.29) is 11.8 Å². The van der Waals surface area contributed by atoms with Gasteiger partial charge in [-0.3, -0.25) is 9.59 Å². The topological polar surface area (TPSA) is 43.9 Å². The molecule has 1 saturated heterocycles. The van der Waals surface area contributed by atoms with E-state index >= 15 is 0 Å². The smallest absolute Gasteiger partial charge is 0.277 e. The highest BCUT2D eigenvalue weighted by molar-refractivity contribution is 6.07. The van der Waals surface area contributed by atoms with Gasteiger partial charge in [0.05, 0.1) is 16.9 Å². The van der Waals surface area contributed by atoms with Gasteiger partial charge in [0.15, 0.2) is 0 Å². The van der Waals surface area contributed by atoms with Crippen LogP contribution in [-0.2, 0) is 4.79 Å². The van der Waals surface area contributed by atoms with Crippen molar-refractivity contribution in [2.75, 3.05) is 17.0 Å². The van der Waals surface area contributed by atoms with Crippen LogP contribution < -0.4 is 9.91 Å². The summed E-state index contributed by atoms with van der Waals surface area (Å²) in [5.74, 6) is -0.192. The Labute approximate surface area is 141 Å². The van der Waals surface area contributed by atoms with Crippen molar-refractivity contribution in [2.45, 2.75) is 25.4 Å². The number of para-hydroxylation sites is 2. The van der Waals surface area contributed by atoms with Crippen LogP contribution in [0.3, 0.4) is 0 Å². The van der Waals surface area contributed by atoms with E-state index in [0.717, 1.165) is 11.4 Å². The zero-order valence-electron chi connectivity index (χ0n) is 13.8. The van der Waals surface area contributed by atoms with Crippen LogP contribution >= 0.6 is 0 Å². The van der Waals surface area contributed by atoms with Crippen molar-refractivity contribution in [1.82, 2.24) is 5.01 Å². The molecule has 4 rings (SSSR count). The standard InChI is InChI=1S/C19H19N3O2/c1-19-13-12-17(23)21(14-8-4-3-5-9-14)22(19)18(24)15-10-6-7-11-16(15)20(19)2/h3-11H,12-13H2,1-2H3. The summed E-state index contributed by atoms with van der Waals surface area (Å²) in [7, 11) is 1.98. The maximum Gasteiger partial charge on any atom is 0.277 e. The Bertz CT molecular complexity index is 820. The zero-order chi connectivity index (χ0) is 16.9. The van der Waals surface area contributed by atoms with Gasteiger partial charge in [-0.1, -0.05) is 30.3 Å². The molecule has 1 fully saturated rings. The average Bonchev–Trinajstić information content (AvgIpc) is 2.62. The lowest BCUT2D eigenvalue weighted by molar-refractivity contribution is -0.126. The predicted molar refractivity (Wildman–Crippen MR) is 92.6 cm³/mol. The summed E-state index contributed by atoms with van der Waals surface area (Å²) in [6, 6.07) is 16.9. The first-order chi connectivity index (χ1) is 11.5. The number of hydrogen-bond donors (Lipinski definition) is 0. The zero-order valence-corrected chi connectivity index (χ0v) is 13.8. The first-order valence-electron chi connectivity index (χ1n) is 8.09. The third-order valence-electron chi connectivity index (χ3n) is 5.12. The molecule has 2 aromatic carbocycles. The van der Waals surface area contributed by atoms with E-state index in [1.807, 2.05) is 68.6 Å². The highest BCUT2D eigenvalue weighted by atomic mass is 16.2. The summed E-state index contributed by atoms with van der Waals surface area (Å²) < 4.78 is 0. The van der Waals surface area contributed by atoms with Crippen LogP contribution in [0.1, 0.15) is 30.1 Å². The van der Waals surface area contributed by atoms with Crippen molar-refractivity contribution in [2.24, 2.45) is 0 Å². The number of rotatable bonds is 1. The number of hydrogen-bond acceptors (Lipinski definition) is 3. The van der Waals surface area contributed by atoms with Gasteiger partial charge in [-0.25, -0.2) is 10.0 Å². The minimum atomic E-state index is -0.574. The van der Waals surface area contributed by atoms with Crippen LogP contribution in [0.2, 0.25) is 0 Å². The molecule has 0 saturated carbocycles. The second-order valence-electron chi connectivity index (χ2n) is 6.45. The molecule has 2 aromatic rings. The average molecular weight is 321 g/mol. The molecule has 1 atom stereocenters. The molecule has 122 valence electrons. The summed E-state index contributed by atoms with van der Waals surface area (Å²) >= 11 is 0. The van der Waals surface area contributed by atoms with E-state index in [2.05, 4.69) is 4.90 Å². The molecule has 0 N–H and O–H groups in total. The molecule has 0 bridgehead atoms. The number of carbonyl (C=O) groups excluding carboxylic acids is 2. The minimum Gasteiger partial charge on any atom is -0.350 e. The largest absolute Gasteiger partial charge is 0.350 e. The Balaban J connectivity index is 1.91. The Morgan fingerprint density at radius 3 is 2.38 bits per heavy atom. The fourth-order valence-corrected chi connectivity index (χ4v) is 3.65. The lowest BCUT2D eigenvalue weighted by atomic mass is 9.93. The second-order valence-corrected chi connectivity index (χ2v) is 6.45. The fraction of sp³-hybridized carbons (Fsp3) is 0.263. The van der Waals surface area contributed by atoms with Crippen LogP contribution in [0.4, 0.5) is 11.4 Å². The predicted octanol–water partition coefficient (Wildman–Crippen LogP) is 3.04. The van der Waals surface area contributed by atoms with Crippen LogP contribution in [0, 0.1) is 0 Å². The van der Waals surface area contributed by atoms with E-state index in [4.69, 9.17) is 0 Å². The number of fused-ring (bicyclic) bond motifs is 2. The molecule has 5 heteroatoms. The molecule has 2 heterocycles. The summed E-state index contributed by atoms with van der Waals surface area (Å²) in [6.45, 7) is 2.02. The van der Waals surface area contributed by atoms with E-state index in [9.17, 15) is 9.59 Å². The van der Waals surface area contributed by atoms with Crippen LogP contribution in [-0.4, -0.2) is 29.5 Å². The molecular weight excluding hydrogens is 302 g/mol. The molecule has 5 nitrogen and oxygen atoms in total. The maximum absolute atomic E-state index is 13.2. The Morgan fingerprint density at radius 2 is 1.62 bits per heavy atom. The number of amides is 2. The van der Waals surface area contributed by atoms with Gasteiger partial charge in [-0.15, -0.1) is 0 Å². The molecule has 2 aliphatic heterocycles. The molecule has 1 unspecified atom stereocenters. The van der Waals surface area contributed by atoms with Gasteiger partial charge in [0.25, 0.3) is 5.91 Å². The maximum atomic E-state index is 13.2. The Hall–Kier alpha value is -2.82. The van der Waals surface area contributed by atoms with Gasteiger partial charge in [0, 0.05) is 13.5 Å². The van der Waals surface area contributed by atoms with E-state index < -0.39 is 5.66 Å². The Kier molecular flexibility index (Phi) is 3.13. The molecular formula is C19H19N3O2. The van der Waals surface area contributed by atoms with Crippen molar-refractivity contribution in [3.8, 4) is 0 Å². The molecule has 0 aliphatic carbocycles. The molecule has 2 aliphatic rings. The van der Waals surface area contributed by atoms with Gasteiger partial charge in [0.2, 0.25) is 5.91 Å². The summed E-state index contributed by atoms with van der Waals surface area (Å²) in [6.07, 6.45) is 1.01. The van der Waals surface area contributed by atoms with Crippen LogP contribution in [0.15, 0.2) is 54.6 Å². The van der Waals surface area contributed by atoms with Crippen molar-refractivity contribution in [3.63, 3.8) is 0 Å². The van der Waals surface area contributed by atoms with E-state index in [1.165, 1.54) is 5.01 Å². The summed E-state index contributed by atoms with van der Waals surface area (Å²) in [5, 5.41) is 3.16. The quantitative estimate of drug-likeness (QED) is 0.811. The van der Waals surface area contributed by atoms with Gasteiger partial charge >= 0.3 is 0 Å². The number of nitrogens with zero attached hydrogens (tertiary/aromatic N) is 3. The highest BCUT2D eigenvalue weighted by Gasteiger charge is 2.52. The highest BCUT2D eigenvalue weighted by Crippen LogP contribution is 2.43. The van der Waals surface area contributed by atoms with Crippen molar-refractivity contribution < 1.29 is 9.59 Å². The van der Waals surface area contributed by atoms with Gasteiger partial charge in [-0.05, 0) is 37.6 Å². The minimum absolute atomic E-state index is 0.0557. The van der Waals surface area contributed by atoms with Crippen LogP contribution in [0.25, 0.3) is 0 Å². The number of hydrazine groups is 1. The Morgan fingerprint density at radius 1 is 0.958 bits per heavy atom. The number of benzene rings is 2. The van der Waals surface area contributed by atoms with Crippen molar-refractivity contribution in [3.05, 3.63) is 60.2 Å². The molecule has 0 aromatic heterocycles. The molecule has 2 amide bonds. The van der Waals surface area contributed by atoms with E-state index in [0.29, 0.717) is 18.4 Å². The molecule has 24 heavy (non-hydrogen) atoms. The first-order valence-corrected chi connectivity index (χ1v) is 8.09. The third-order valence-corrected chi connectivity index (χ3v) is 5.12. The van der Waals surface area contributed by atoms with Crippen LogP contribution in [0.5, 0.6) is 0 Å². The lowest BCUT2D eigenvalue weighted by Crippen LogP contribution is -2.72. The monoisotopic (exact) mass is 321 g/mol. The van der Waals surface area contributed by atoms with Gasteiger partial charge < -0.3 is 4.90 Å². The SMILES string of the molecule is CN1c2ccccc2C(=O)N2N(c3ccccc3)C(=O)CCC12C. The third kappa shape index (κ3) is 1.87. The van der Waals surface area contributed by atoms with Crippen molar-refractivity contribution >= 4 is 23.2 Å². The number of carbonyl (C=O) groups is 2. The van der Waals surface area contributed by atoms with Crippen molar-refractivity contribution in [1.29, 1.82) is 0 Å². The molecule has 0 spiro atoms. The normalized spacial score (nSPS) is 23.2. The summed E-state index contributed by atoms with van der Waals surface area (Å²) in [4.78, 5) is 28.0. The summed E-state index contributed by atoms with van der Waals surface area (Å²) in [5.41, 5.74) is 1.67. The fourth-order valence-electron chi connectivity index (χ4n) is 3.65. The number of anilines is 2. The second kappa shape index (κ2) is 5.09. The van der Waals surface area contributed by atoms with Gasteiger partial charge in [0.1, 0.15) is 5.66 Å². The first kappa shape index (κ1) is 14.8. The van der Waals surface area contributed by atoms with E-state index in [1.54, 1.807) is 5.01 Å².